The molecule has 0 aliphatic carbocycles. The summed E-state index contributed by atoms with van der Waals surface area (Å²) in [7, 11) is -5.82. The fourth-order valence-electron chi connectivity index (χ4n) is 2.64. The second-order valence-electron chi connectivity index (χ2n) is 5.04. The molecule has 0 N–H and O–H groups in total. The summed E-state index contributed by atoms with van der Waals surface area (Å²) in [5.41, 5.74) is -5.57. The summed E-state index contributed by atoms with van der Waals surface area (Å²) in [6.45, 7) is 1.74. The molecule has 0 radical (unpaired) electrons. The maximum atomic E-state index is 12.3. The van der Waals surface area contributed by atoms with Crippen LogP contribution in [0.2, 0.25) is 0 Å². The Morgan fingerprint density at radius 2 is 2.04 bits per heavy atom. The highest BCUT2D eigenvalue weighted by atomic mass is 32.2. The van der Waals surface area contributed by atoms with Crippen molar-refractivity contribution in [3.8, 4) is 0 Å². The quantitative estimate of drug-likeness (QED) is 0.425. The molecule has 0 aromatic carbocycles. The van der Waals surface area contributed by atoms with Crippen molar-refractivity contribution >= 4 is 22.0 Å². The lowest BCUT2D eigenvalue weighted by Gasteiger charge is -2.32. The van der Waals surface area contributed by atoms with Crippen molar-refractivity contribution in [3.05, 3.63) is 11.8 Å². The van der Waals surface area contributed by atoms with Crippen LogP contribution in [-0.2, 0) is 28.6 Å². The van der Waals surface area contributed by atoms with Gasteiger partial charge >= 0.3 is 21.6 Å². The van der Waals surface area contributed by atoms with Crippen LogP contribution < -0.4 is 0 Å². The Balaban J connectivity index is 2.16. The van der Waals surface area contributed by atoms with Crippen molar-refractivity contribution in [3.63, 3.8) is 0 Å². The van der Waals surface area contributed by atoms with Gasteiger partial charge in [0.15, 0.2) is 0 Å². The summed E-state index contributed by atoms with van der Waals surface area (Å²) in [5.74, 6) is -1.95. The van der Waals surface area contributed by atoms with Crippen LogP contribution >= 0.6 is 0 Å². The number of carbonyl (C=O) groups excluding carboxylic acids is 2. The molecule has 1 unspecified atom stereocenters. The van der Waals surface area contributed by atoms with Gasteiger partial charge in [-0.15, -0.1) is 0 Å². The standard InChI is InChI=1S/C12H14F3NO6S/c1-2-21-11(18)9-4-3-7-5-8(6-10(17)16(7)9)22-23(19,20)12(13,14)15/h6-7,9H,2-5H2,1H3/t7?,9-/m0/s1. The zero-order valence-electron chi connectivity index (χ0n) is 12.0. The van der Waals surface area contributed by atoms with Crippen LogP contribution in [0.5, 0.6) is 0 Å². The molecule has 2 aliphatic rings. The Kier molecular flexibility index (Phi) is 4.60. The molecule has 7 nitrogen and oxygen atoms in total. The minimum Gasteiger partial charge on any atom is -0.464 e. The average Bonchev–Trinajstić information content (AvgIpc) is 2.81. The summed E-state index contributed by atoms with van der Waals surface area (Å²) in [5, 5.41) is 0. The Morgan fingerprint density at radius 3 is 2.61 bits per heavy atom. The first kappa shape index (κ1) is 17.6. The van der Waals surface area contributed by atoms with Crippen LogP contribution in [0.15, 0.2) is 11.8 Å². The zero-order valence-corrected chi connectivity index (χ0v) is 12.8. The van der Waals surface area contributed by atoms with E-state index in [0.717, 1.165) is 0 Å². The second-order valence-corrected chi connectivity index (χ2v) is 6.58. The fourth-order valence-corrected chi connectivity index (χ4v) is 3.13. The third-order valence-electron chi connectivity index (χ3n) is 3.54. The van der Waals surface area contributed by atoms with E-state index in [0.29, 0.717) is 18.9 Å². The van der Waals surface area contributed by atoms with Crippen molar-refractivity contribution in [2.45, 2.75) is 43.8 Å². The van der Waals surface area contributed by atoms with Gasteiger partial charge in [0, 0.05) is 18.5 Å². The predicted molar refractivity (Wildman–Crippen MR) is 69.0 cm³/mol. The van der Waals surface area contributed by atoms with Crippen LogP contribution in [0.1, 0.15) is 26.2 Å². The highest BCUT2D eigenvalue weighted by molar-refractivity contribution is 7.87. The lowest BCUT2D eigenvalue weighted by atomic mass is 10.1. The third kappa shape index (κ3) is 3.43. The van der Waals surface area contributed by atoms with Gasteiger partial charge in [-0.1, -0.05) is 0 Å². The van der Waals surface area contributed by atoms with Gasteiger partial charge in [0.05, 0.1) is 6.61 Å². The molecule has 2 atom stereocenters. The number of hydrogen-bond acceptors (Lipinski definition) is 6. The lowest BCUT2D eigenvalue weighted by Crippen LogP contribution is -2.47. The number of amides is 1. The van der Waals surface area contributed by atoms with E-state index in [1.807, 2.05) is 0 Å². The third-order valence-corrected chi connectivity index (χ3v) is 4.54. The van der Waals surface area contributed by atoms with E-state index >= 15 is 0 Å². The van der Waals surface area contributed by atoms with E-state index in [9.17, 15) is 31.2 Å². The van der Waals surface area contributed by atoms with Gasteiger partial charge in [-0.05, 0) is 19.8 Å². The van der Waals surface area contributed by atoms with E-state index in [2.05, 4.69) is 4.18 Å². The van der Waals surface area contributed by atoms with E-state index in [1.54, 1.807) is 6.92 Å². The Bertz CT molecular complexity index is 642. The van der Waals surface area contributed by atoms with Gasteiger partial charge in [0.1, 0.15) is 11.8 Å². The van der Waals surface area contributed by atoms with Crippen molar-refractivity contribution in [1.29, 1.82) is 0 Å². The lowest BCUT2D eigenvalue weighted by molar-refractivity contribution is -0.153. The number of esters is 1. The average molecular weight is 357 g/mol. The maximum Gasteiger partial charge on any atom is 0.534 e. The fraction of sp³-hybridized carbons (Fsp3) is 0.667. The SMILES string of the molecule is CCOC(=O)[C@@H]1CCC2CC(OS(=O)(=O)C(F)(F)F)=CC(=O)N21. The molecule has 0 aromatic heterocycles. The van der Waals surface area contributed by atoms with Gasteiger partial charge in [-0.25, -0.2) is 4.79 Å². The zero-order chi connectivity index (χ0) is 17.4. The van der Waals surface area contributed by atoms with E-state index in [-0.39, 0.29) is 13.0 Å². The molecular formula is C12H14F3NO6S. The predicted octanol–water partition coefficient (Wildman–Crippen LogP) is 1.06. The van der Waals surface area contributed by atoms with Crippen molar-refractivity contribution in [2.75, 3.05) is 6.61 Å². The summed E-state index contributed by atoms with van der Waals surface area (Å²) >= 11 is 0. The van der Waals surface area contributed by atoms with Crippen molar-refractivity contribution in [2.24, 2.45) is 0 Å². The molecule has 23 heavy (non-hydrogen) atoms. The number of halogens is 3. The highest BCUT2D eigenvalue weighted by Gasteiger charge is 2.50. The van der Waals surface area contributed by atoms with Gasteiger partial charge in [-0.2, -0.15) is 21.6 Å². The molecule has 2 aliphatic heterocycles. The second kappa shape index (κ2) is 6.02. The first-order valence-electron chi connectivity index (χ1n) is 6.77. The molecule has 1 fully saturated rings. The molecule has 130 valence electrons. The largest absolute Gasteiger partial charge is 0.534 e. The van der Waals surface area contributed by atoms with Crippen LogP contribution in [0.4, 0.5) is 13.2 Å². The van der Waals surface area contributed by atoms with Gasteiger partial charge in [0.25, 0.3) is 5.91 Å². The number of nitrogens with zero attached hydrogens (tertiary/aromatic N) is 1. The van der Waals surface area contributed by atoms with Crippen molar-refractivity contribution in [1.82, 2.24) is 4.90 Å². The van der Waals surface area contributed by atoms with E-state index in [1.165, 1.54) is 4.90 Å². The van der Waals surface area contributed by atoms with E-state index < -0.39 is 45.3 Å². The number of alkyl halides is 3. The maximum absolute atomic E-state index is 12.3. The molecule has 1 saturated heterocycles. The molecule has 0 spiro atoms. The van der Waals surface area contributed by atoms with E-state index in [4.69, 9.17) is 4.74 Å². The molecular weight excluding hydrogens is 343 g/mol. The first-order chi connectivity index (χ1) is 10.6. The number of fused-ring (bicyclic) bond motifs is 1. The number of carbonyl (C=O) groups is 2. The smallest absolute Gasteiger partial charge is 0.464 e. The molecule has 11 heteroatoms. The topological polar surface area (TPSA) is 90.0 Å². The monoisotopic (exact) mass is 357 g/mol. The highest BCUT2D eigenvalue weighted by Crippen LogP contribution is 2.35. The van der Waals surface area contributed by atoms with Gasteiger partial charge in [0.2, 0.25) is 0 Å². The van der Waals surface area contributed by atoms with Crippen LogP contribution in [0, 0.1) is 0 Å². The summed E-state index contributed by atoms with van der Waals surface area (Å²) < 4.78 is 67.8. The Morgan fingerprint density at radius 1 is 1.39 bits per heavy atom. The number of rotatable bonds is 4. The minimum absolute atomic E-state index is 0.135. The summed E-state index contributed by atoms with van der Waals surface area (Å²) in [6, 6.07) is -1.41. The van der Waals surface area contributed by atoms with Crippen molar-refractivity contribution < 1.29 is 40.1 Å². The Labute approximate surface area is 130 Å². The molecule has 1 amide bonds. The minimum atomic E-state index is -5.82. The molecule has 2 rings (SSSR count). The summed E-state index contributed by atoms with van der Waals surface area (Å²) in [4.78, 5) is 25.0. The number of hydrogen-bond donors (Lipinski definition) is 0. The van der Waals surface area contributed by atoms with Crippen LogP contribution in [0.25, 0.3) is 0 Å². The van der Waals surface area contributed by atoms with Crippen LogP contribution in [-0.4, -0.2) is 49.4 Å². The first-order valence-corrected chi connectivity index (χ1v) is 8.18. The van der Waals surface area contributed by atoms with Gasteiger partial charge in [-0.3, -0.25) is 4.79 Å². The normalized spacial score (nSPS) is 25.0. The molecule has 0 aromatic rings. The number of ether oxygens (including phenoxy) is 1. The Hall–Kier alpha value is -1.78. The molecule has 2 heterocycles. The molecule has 0 saturated carbocycles. The molecule has 0 bridgehead atoms. The van der Waals surface area contributed by atoms with Crippen LogP contribution in [0.3, 0.4) is 0 Å². The van der Waals surface area contributed by atoms with Gasteiger partial charge < -0.3 is 13.8 Å². The summed E-state index contributed by atoms with van der Waals surface area (Å²) in [6.07, 6.45) is 1.08.